The van der Waals surface area contributed by atoms with Crippen LogP contribution in [0.5, 0.6) is 5.75 Å². The quantitative estimate of drug-likeness (QED) is 0.372. The number of urea groups is 1. The Kier molecular flexibility index (Phi) is 7.34. The van der Waals surface area contributed by atoms with E-state index in [2.05, 4.69) is 15.7 Å². The van der Waals surface area contributed by atoms with Crippen molar-refractivity contribution >= 4 is 29.5 Å². The summed E-state index contributed by atoms with van der Waals surface area (Å²) in [6.07, 6.45) is 1.01. The van der Waals surface area contributed by atoms with Crippen LogP contribution in [0.2, 0.25) is 5.02 Å². The van der Waals surface area contributed by atoms with Crippen LogP contribution >= 0.6 is 11.6 Å². The zero-order valence-electron chi connectivity index (χ0n) is 22.3. The summed E-state index contributed by atoms with van der Waals surface area (Å²) in [6, 6.07) is 12.4. The largest absolute Gasteiger partial charge is 0.492 e. The van der Waals surface area contributed by atoms with Gasteiger partial charge in [0.1, 0.15) is 11.4 Å². The van der Waals surface area contributed by atoms with Crippen molar-refractivity contribution in [3.63, 3.8) is 0 Å². The molecule has 1 fully saturated rings. The number of carbonyl (C=O) groups excluding carboxylic acids is 2. The summed E-state index contributed by atoms with van der Waals surface area (Å²) in [6.45, 7) is 4.82. The molecular weight excluding hydrogens is 544 g/mol. The smallest absolute Gasteiger partial charge is 0.411 e. The van der Waals surface area contributed by atoms with E-state index >= 15 is 0 Å². The number of benzene rings is 2. The van der Waals surface area contributed by atoms with Gasteiger partial charge in [0, 0.05) is 30.7 Å². The van der Waals surface area contributed by atoms with E-state index in [-0.39, 0.29) is 6.04 Å². The number of nitrogens with one attached hydrogen (secondary N) is 2. The lowest BCUT2D eigenvalue weighted by Crippen LogP contribution is -2.37. The number of carbonyl (C=O) groups is 2. The first-order chi connectivity index (χ1) is 18.9. The summed E-state index contributed by atoms with van der Waals surface area (Å²) in [7, 11) is 0. The molecule has 5 rings (SSSR count). The molecule has 3 heterocycles. The van der Waals surface area contributed by atoms with Crippen LogP contribution in [0.1, 0.15) is 56.8 Å². The molecule has 1 saturated heterocycles. The minimum absolute atomic E-state index is 0.264. The van der Waals surface area contributed by atoms with Crippen molar-refractivity contribution < 1.29 is 27.8 Å². The number of hydrogen-bond donors (Lipinski definition) is 2. The van der Waals surface area contributed by atoms with E-state index in [0.717, 1.165) is 10.5 Å². The molecule has 2 aromatic carbocycles. The maximum absolute atomic E-state index is 14.3. The number of para-hydroxylation sites is 1. The van der Waals surface area contributed by atoms with Crippen LogP contribution in [0.15, 0.2) is 54.7 Å². The van der Waals surface area contributed by atoms with Crippen molar-refractivity contribution in [2.24, 2.45) is 0 Å². The van der Waals surface area contributed by atoms with Gasteiger partial charge in [-0.15, -0.1) is 5.10 Å². The monoisotopic (exact) mass is 573 g/mol. The Labute approximate surface area is 235 Å². The molecule has 2 N–H and O–H groups in total. The number of halogens is 3. The van der Waals surface area contributed by atoms with Gasteiger partial charge in [-0.25, -0.2) is 23.1 Å². The maximum Gasteiger partial charge on any atom is 0.411 e. The summed E-state index contributed by atoms with van der Waals surface area (Å²) in [4.78, 5) is 26.4. The van der Waals surface area contributed by atoms with Gasteiger partial charge in [0.2, 0.25) is 0 Å². The minimum Gasteiger partial charge on any atom is -0.492 e. The maximum atomic E-state index is 14.3. The molecule has 1 aromatic heterocycles. The minimum atomic E-state index is -3.01. The van der Waals surface area contributed by atoms with Crippen LogP contribution in [0, 0.1) is 0 Å². The van der Waals surface area contributed by atoms with Crippen molar-refractivity contribution in [3.05, 3.63) is 70.9 Å². The molecule has 0 saturated carbocycles. The van der Waals surface area contributed by atoms with Crippen molar-refractivity contribution in [1.82, 2.24) is 20.0 Å². The standard InChI is InChI=1S/C28H30ClF2N5O4/c1-27(2,3)40-26(38)35-16-28(30,31)15-22(35)17-7-9-18(10-8-17)36-13-11-23(34-36)33-25(37)32-21-12-14-39-24-19(21)5-4-6-20(24)29/h4-11,13,21-22H,12,14-16H2,1-3H3,(H2,32,33,34,37)/t21-,22?/m0/s1. The first-order valence-corrected chi connectivity index (χ1v) is 13.3. The number of aromatic nitrogens is 2. The van der Waals surface area contributed by atoms with Crippen molar-refractivity contribution in [1.29, 1.82) is 0 Å². The number of alkyl halides is 2. The van der Waals surface area contributed by atoms with E-state index in [1.807, 2.05) is 12.1 Å². The number of nitrogens with zero attached hydrogens (tertiary/aromatic N) is 3. The summed E-state index contributed by atoms with van der Waals surface area (Å²) in [5, 5.41) is 10.6. The number of rotatable bonds is 4. The SMILES string of the molecule is CC(C)(C)OC(=O)N1CC(F)(F)CC1c1ccc(-n2ccc(NC(=O)N[C@H]3CCOc4c(Cl)cccc43)n2)cc1. The van der Waals surface area contributed by atoms with Gasteiger partial charge in [-0.2, -0.15) is 0 Å². The van der Waals surface area contributed by atoms with E-state index < -0.39 is 42.7 Å². The summed E-state index contributed by atoms with van der Waals surface area (Å²) < 4.78 is 41.1. The van der Waals surface area contributed by atoms with Gasteiger partial charge in [-0.3, -0.25) is 10.2 Å². The molecule has 0 spiro atoms. The second kappa shape index (κ2) is 10.6. The third-order valence-electron chi connectivity index (χ3n) is 6.60. The van der Waals surface area contributed by atoms with Crippen LogP contribution in [0.3, 0.4) is 0 Å². The molecular formula is C28H30ClF2N5O4. The molecule has 9 nitrogen and oxygen atoms in total. The van der Waals surface area contributed by atoms with Crippen LogP contribution in [0.4, 0.5) is 24.2 Å². The predicted octanol–water partition coefficient (Wildman–Crippen LogP) is 6.49. The molecule has 12 heteroatoms. The number of ether oxygens (including phenoxy) is 2. The van der Waals surface area contributed by atoms with Gasteiger partial charge >= 0.3 is 12.1 Å². The second-order valence-corrected chi connectivity index (χ2v) is 11.3. The van der Waals surface area contributed by atoms with Gasteiger partial charge < -0.3 is 14.8 Å². The number of anilines is 1. The highest BCUT2D eigenvalue weighted by Crippen LogP contribution is 2.42. The van der Waals surface area contributed by atoms with Crippen molar-refractivity contribution in [2.45, 2.75) is 57.2 Å². The summed E-state index contributed by atoms with van der Waals surface area (Å²) >= 11 is 6.22. The van der Waals surface area contributed by atoms with Crippen molar-refractivity contribution in [3.8, 4) is 11.4 Å². The lowest BCUT2D eigenvalue weighted by atomic mass is 10.0. The van der Waals surface area contributed by atoms with Crippen LogP contribution in [-0.2, 0) is 4.74 Å². The summed E-state index contributed by atoms with van der Waals surface area (Å²) in [5.41, 5.74) is 1.23. The van der Waals surface area contributed by atoms with E-state index in [0.29, 0.717) is 40.9 Å². The first kappa shape index (κ1) is 27.7. The highest BCUT2D eigenvalue weighted by Gasteiger charge is 2.48. The third kappa shape index (κ3) is 6.14. The molecule has 3 amide bonds. The molecule has 0 aliphatic carbocycles. The first-order valence-electron chi connectivity index (χ1n) is 12.9. The highest BCUT2D eigenvalue weighted by atomic mass is 35.5. The Balaban J connectivity index is 1.24. The van der Waals surface area contributed by atoms with Gasteiger partial charge in [0.05, 0.1) is 35.9 Å². The number of likely N-dealkylation sites (tertiary alicyclic amines) is 1. The van der Waals surface area contributed by atoms with Gasteiger partial charge in [0.25, 0.3) is 5.92 Å². The van der Waals surface area contributed by atoms with Gasteiger partial charge in [0.15, 0.2) is 5.82 Å². The Bertz CT molecular complexity index is 1410. The van der Waals surface area contributed by atoms with Gasteiger partial charge in [-0.05, 0) is 44.5 Å². The molecule has 2 atom stereocenters. The zero-order chi connectivity index (χ0) is 28.7. The molecule has 2 aliphatic rings. The molecule has 0 radical (unpaired) electrons. The predicted molar refractivity (Wildman–Crippen MR) is 145 cm³/mol. The van der Waals surface area contributed by atoms with Crippen molar-refractivity contribution in [2.75, 3.05) is 18.5 Å². The topological polar surface area (TPSA) is 97.7 Å². The molecule has 212 valence electrons. The Hall–Kier alpha value is -3.86. The van der Waals surface area contributed by atoms with Gasteiger partial charge in [-0.1, -0.05) is 35.9 Å². The molecule has 3 aromatic rings. The normalized spacial score (nSPS) is 19.9. The van der Waals surface area contributed by atoms with Crippen LogP contribution < -0.4 is 15.4 Å². The molecule has 40 heavy (non-hydrogen) atoms. The average molecular weight is 574 g/mol. The Morgan fingerprint density at radius 2 is 1.90 bits per heavy atom. The number of fused-ring (bicyclic) bond motifs is 1. The summed E-state index contributed by atoms with van der Waals surface area (Å²) in [5.74, 6) is -2.11. The fourth-order valence-electron chi connectivity index (χ4n) is 4.86. The lowest BCUT2D eigenvalue weighted by Gasteiger charge is -2.28. The third-order valence-corrected chi connectivity index (χ3v) is 6.90. The lowest BCUT2D eigenvalue weighted by molar-refractivity contribution is -0.00243. The zero-order valence-corrected chi connectivity index (χ0v) is 23.0. The average Bonchev–Trinajstić information content (AvgIpc) is 3.47. The number of hydrogen-bond acceptors (Lipinski definition) is 5. The molecule has 1 unspecified atom stereocenters. The van der Waals surface area contributed by atoms with E-state index in [1.165, 1.54) is 0 Å². The Morgan fingerprint density at radius 1 is 1.15 bits per heavy atom. The molecule has 0 bridgehead atoms. The highest BCUT2D eigenvalue weighted by molar-refractivity contribution is 6.32. The Morgan fingerprint density at radius 3 is 2.62 bits per heavy atom. The molecule has 2 aliphatic heterocycles. The fraction of sp³-hybridized carbons (Fsp3) is 0.393. The van der Waals surface area contributed by atoms with Crippen LogP contribution in [-0.4, -0.2) is 51.5 Å². The number of amides is 3. The van der Waals surface area contributed by atoms with Crippen LogP contribution in [0.25, 0.3) is 5.69 Å². The fourth-order valence-corrected chi connectivity index (χ4v) is 5.09. The van der Waals surface area contributed by atoms with E-state index in [9.17, 15) is 18.4 Å². The second-order valence-electron chi connectivity index (χ2n) is 10.9. The van der Waals surface area contributed by atoms with E-state index in [4.69, 9.17) is 21.1 Å². The van der Waals surface area contributed by atoms with E-state index in [1.54, 1.807) is 68.0 Å².